The van der Waals surface area contributed by atoms with Gasteiger partial charge in [-0.1, -0.05) is 140 Å². The zero-order valence-corrected chi connectivity index (χ0v) is 25.4. The third-order valence-corrected chi connectivity index (χ3v) is 10.6. The van der Waals surface area contributed by atoms with Crippen LogP contribution in [-0.2, 0) is 5.41 Å². The van der Waals surface area contributed by atoms with Gasteiger partial charge >= 0.3 is 0 Å². The fraction of sp³-hybridized carbons (Fsp3) is 0.0233. The summed E-state index contributed by atoms with van der Waals surface area (Å²) in [6, 6.07) is 61.9. The summed E-state index contributed by atoms with van der Waals surface area (Å²) in [5.41, 5.74) is 12.1. The lowest BCUT2D eigenvalue weighted by atomic mass is 9.68. The van der Waals surface area contributed by atoms with Crippen molar-refractivity contribution in [3.63, 3.8) is 0 Å². The molecule has 7 aromatic carbocycles. The maximum atomic E-state index is 3.65. The first-order valence-corrected chi connectivity index (χ1v) is 16.3. The summed E-state index contributed by atoms with van der Waals surface area (Å²) in [5, 5.41) is 6.32. The molecule has 1 heterocycles. The Morgan fingerprint density at radius 3 is 1.64 bits per heavy atom. The van der Waals surface area contributed by atoms with Crippen molar-refractivity contribution in [2.24, 2.45) is 0 Å². The first-order chi connectivity index (χ1) is 22.3. The molecule has 1 aliphatic carbocycles. The third kappa shape index (κ3) is 4.00. The van der Waals surface area contributed by atoms with Crippen molar-refractivity contribution in [3.05, 3.63) is 192 Å². The third-order valence-electron chi connectivity index (χ3n) is 9.37. The van der Waals surface area contributed by atoms with Gasteiger partial charge in [-0.2, -0.15) is 0 Å². The number of benzene rings is 7. The number of anilines is 2. The number of hydrogen-bond acceptors (Lipinski definition) is 2. The average molecular weight is 592 g/mol. The molecule has 1 N–H and O–H groups in total. The minimum atomic E-state index is -0.373. The summed E-state index contributed by atoms with van der Waals surface area (Å²) >= 11 is 1.88. The number of thiophene rings is 1. The van der Waals surface area contributed by atoms with Gasteiger partial charge in [-0.15, -0.1) is 11.3 Å². The number of nitrogens with one attached hydrogen (secondary N) is 1. The van der Waals surface area contributed by atoms with E-state index in [2.05, 4.69) is 175 Å². The molecule has 0 fully saturated rings. The largest absolute Gasteiger partial charge is 0.356 e. The Hall–Kier alpha value is -5.44. The van der Waals surface area contributed by atoms with Crippen LogP contribution in [-0.4, -0.2) is 0 Å². The minimum absolute atomic E-state index is 0.373. The predicted octanol–water partition coefficient (Wildman–Crippen LogP) is 11.8. The van der Waals surface area contributed by atoms with E-state index in [0.717, 1.165) is 11.4 Å². The topological polar surface area (TPSA) is 12.0 Å². The second kappa shape index (κ2) is 10.3. The van der Waals surface area contributed by atoms with E-state index >= 15 is 0 Å². The SMILES string of the molecule is c1ccc(C2(c3ccc(Nc4ccc(-c5cccc6c5sc5ccccc56)cc4)cc3)c3ccccc3-c3ccccc32)cc1. The van der Waals surface area contributed by atoms with E-state index in [-0.39, 0.29) is 5.41 Å². The molecule has 212 valence electrons. The van der Waals surface area contributed by atoms with Gasteiger partial charge in [-0.3, -0.25) is 0 Å². The van der Waals surface area contributed by atoms with Gasteiger partial charge in [0.05, 0.1) is 5.41 Å². The van der Waals surface area contributed by atoms with E-state index < -0.39 is 0 Å². The lowest BCUT2D eigenvalue weighted by Gasteiger charge is -2.34. The molecule has 45 heavy (non-hydrogen) atoms. The number of hydrogen-bond donors (Lipinski definition) is 1. The Morgan fingerprint density at radius 2 is 0.933 bits per heavy atom. The van der Waals surface area contributed by atoms with Crippen molar-refractivity contribution in [1.82, 2.24) is 0 Å². The molecule has 0 amide bonds. The molecule has 8 aromatic rings. The van der Waals surface area contributed by atoms with Gasteiger partial charge in [0.15, 0.2) is 0 Å². The van der Waals surface area contributed by atoms with Crippen LogP contribution >= 0.6 is 11.3 Å². The highest BCUT2D eigenvalue weighted by atomic mass is 32.1. The summed E-state index contributed by atoms with van der Waals surface area (Å²) in [5.74, 6) is 0. The van der Waals surface area contributed by atoms with Crippen LogP contribution in [0.5, 0.6) is 0 Å². The molecular formula is C43H29NS. The Labute approximate surface area is 267 Å². The lowest BCUT2D eigenvalue weighted by Crippen LogP contribution is -2.28. The maximum Gasteiger partial charge on any atom is 0.0713 e. The van der Waals surface area contributed by atoms with E-state index in [9.17, 15) is 0 Å². The van der Waals surface area contributed by atoms with Gasteiger partial charge in [0.2, 0.25) is 0 Å². The van der Waals surface area contributed by atoms with Gasteiger partial charge in [-0.05, 0) is 74.8 Å². The van der Waals surface area contributed by atoms with Crippen molar-refractivity contribution in [1.29, 1.82) is 0 Å². The van der Waals surface area contributed by atoms with Crippen molar-refractivity contribution in [2.45, 2.75) is 5.41 Å². The highest BCUT2D eigenvalue weighted by Crippen LogP contribution is 2.56. The summed E-state index contributed by atoms with van der Waals surface area (Å²) in [6.07, 6.45) is 0. The van der Waals surface area contributed by atoms with Crippen LogP contribution in [0.4, 0.5) is 11.4 Å². The smallest absolute Gasteiger partial charge is 0.0713 e. The van der Waals surface area contributed by atoms with Gasteiger partial charge in [0.1, 0.15) is 0 Å². The maximum absolute atomic E-state index is 3.65. The van der Waals surface area contributed by atoms with Crippen molar-refractivity contribution in [3.8, 4) is 22.3 Å². The first kappa shape index (κ1) is 26.0. The van der Waals surface area contributed by atoms with Crippen LogP contribution in [0.1, 0.15) is 22.3 Å². The predicted molar refractivity (Wildman–Crippen MR) is 192 cm³/mol. The second-order valence-electron chi connectivity index (χ2n) is 11.8. The highest BCUT2D eigenvalue weighted by molar-refractivity contribution is 7.26. The summed E-state index contributed by atoms with van der Waals surface area (Å²) < 4.78 is 2.68. The van der Waals surface area contributed by atoms with Crippen LogP contribution in [0.2, 0.25) is 0 Å². The fourth-order valence-corrected chi connectivity index (χ4v) is 8.63. The van der Waals surface area contributed by atoms with Crippen molar-refractivity contribution < 1.29 is 0 Å². The van der Waals surface area contributed by atoms with Crippen molar-refractivity contribution >= 4 is 42.9 Å². The van der Waals surface area contributed by atoms with Crippen LogP contribution in [0, 0.1) is 0 Å². The zero-order chi connectivity index (χ0) is 29.8. The summed E-state index contributed by atoms with van der Waals surface area (Å²) in [7, 11) is 0. The van der Waals surface area contributed by atoms with Gasteiger partial charge in [0.25, 0.3) is 0 Å². The Morgan fingerprint density at radius 1 is 0.400 bits per heavy atom. The fourth-order valence-electron chi connectivity index (χ4n) is 7.39. The van der Waals surface area contributed by atoms with Crippen LogP contribution in [0.25, 0.3) is 42.4 Å². The molecule has 0 spiro atoms. The van der Waals surface area contributed by atoms with Gasteiger partial charge < -0.3 is 5.32 Å². The Bertz CT molecular complexity index is 2280. The molecule has 0 saturated heterocycles. The highest BCUT2D eigenvalue weighted by Gasteiger charge is 2.45. The quantitative estimate of drug-likeness (QED) is 0.210. The Kier molecular flexibility index (Phi) is 5.97. The molecule has 1 nitrogen and oxygen atoms in total. The van der Waals surface area contributed by atoms with E-state index in [0.29, 0.717) is 0 Å². The van der Waals surface area contributed by atoms with E-state index in [1.54, 1.807) is 0 Å². The number of rotatable bonds is 5. The monoisotopic (exact) mass is 591 g/mol. The number of fused-ring (bicyclic) bond motifs is 6. The van der Waals surface area contributed by atoms with E-state index in [1.165, 1.54) is 64.7 Å². The van der Waals surface area contributed by atoms with E-state index in [1.807, 2.05) is 11.3 Å². The average Bonchev–Trinajstić information content (AvgIpc) is 3.64. The molecular weight excluding hydrogens is 563 g/mol. The van der Waals surface area contributed by atoms with Crippen molar-refractivity contribution in [2.75, 3.05) is 5.32 Å². The molecule has 9 rings (SSSR count). The van der Waals surface area contributed by atoms with Gasteiger partial charge in [0, 0.05) is 31.5 Å². The molecule has 0 radical (unpaired) electrons. The zero-order valence-electron chi connectivity index (χ0n) is 24.6. The Balaban J connectivity index is 1.07. The normalized spacial score (nSPS) is 13.1. The molecule has 0 bridgehead atoms. The summed E-state index contributed by atoms with van der Waals surface area (Å²) in [6.45, 7) is 0. The lowest BCUT2D eigenvalue weighted by molar-refractivity contribution is 0.768. The molecule has 0 saturated carbocycles. The van der Waals surface area contributed by atoms with Crippen LogP contribution in [0.15, 0.2) is 170 Å². The molecule has 2 heteroatoms. The molecule has 0 aliphatic heterocycles. The molecule has 1 aliphatic rings. The summed E-state index contributed by atoms with van der Waals surface area (Å²) in [4.78, 5) is 0. The van der Waals surface area contributed by atoms with Crippen LogP contribution in [0.3, 0.4) is 0 Å². The molecule has 0 unspecified atom stereocenters. The standard InChI is InChI=1S/C43H29NS/c1-2-11-30(12-3-1)43(39-18-7-4-13-35(39)36-14-5-8-19-40(36)43)31-23-27-33(28-24-31)44-32-25-21-29(22-26-32)34-16-10-17-38-37-15-6-9-20-41(37)45-42(34)38/h1-28,44H. The first-order valence-electron chi connectivity index (χ1n) is 15.4. The van der Waals surface area contributed by atoms with E-state index in [4.69, 9.17) is 0 Å². The second-order valence-corrected chi connectivity index (χ2v) is 12.8. The van der Waals surface area contributed by atoms with Crippen LogP contribution < -0.4 is 5.32 Å². The van der Waals surface area contributed by atoms with Gasteiger partial charge in [-0.25, -0.2) is 0 Å². The molecule has 0 atom stereocenters. The minimum Gasteiger partial charge on any atom is -0.356 e. The molecule has 1 aromatic heterocycles.